The molecule has 0 radical (unpaired) electrons. The highest BCUT2D eigenvalue weighted by Crippen LogP contribution is 2.25. The van der Waals surface area contributed by atoms with Crippen molar-refractivity contribution in [3.63, 3.8) is 0 Å². The third-order valence-corrected chi connectivity index (χ3v) is 3.84. The first-order chi connectivity index (χ1) is 10.3. The Labute approximate surface area is 120 Å². The van der Waals surface area contributed by atoms with Crippen LogP contribution in [0.15, 0.2) is 31.0 Å². The largest absolute Gasteiger partial charge is 0.327 e. The molecule has 4 rings (SSSR count). The summed E-state index contributed by atoms with van der Waals surface area (Å²) < 4.78 is 3.58. The first kappa shape index (κ1) is 12.0. The van der Waals surface area contributed by atoms with E-state index in [1.165, 1.54) is 0 Å². The average molecular weight is 283 g/mol. The highest BCUT2D eigenvalue weighted by Gasteiger charge is 2.31. The summed E-state index contributed by atoms with van der Waals surface area (Å²) in [7, 11) is 0. The summed E-state index contributed by atoms with van der Waals surface area (Å²) in [5.41, 5.74) is 1.08. The van der Waals surface area contributed by atoms with Crippen LogP contribution in [0.25, 0.3) is 5.65 Å². The third kappa shape index (κ3) is 1.72. The molecule has 0 saturated heterocycles. The number of amides is 1. The van der Waals surface area contributed by atoms with E-state index < -0.39 is 0 Å². The Kier molecular flexibility index (Phi) is 2.50. The molecule has 106 valence electrons. The van der Waals surface area contributed by atoms with Crippen molar-refractivity contribution in [1.29, 1.82) is 0 Å². The third-order valence-electron chi connectivity index (χ3n) is 3.84. The molecule has 0 fully saturated rings. The van der Waals surface area contributed by atoms with Crippen molar-refractivity contribution >= 4 is 11.6 Å². The number of fused-ring (bicyclic) bond motifs is 2. The number of carbonyl (C=O) groups is 1. The van der Waals surface area contributed by atoms with Crippen molar-refractivity contribution in [2.24, 2.45) is 0 Å². The van der Waals surface area contributed by atoms with Crippen molar-refractivity contribution in [1.82, 2.24) is 34.3 Å². The van der Waals surface area contributed by atoms with Crippen LogP contribution in [0.1, 0.15) is 29.1 Å². The van der Waals surface area contributed by atoms with Crippen molar-refractivity contribution < 1.29 is 4.79 Å². The van der Waals surface area contributed by atoms with Gasteiger partial charge in [-0.25, -0.2) is 9.50 Å². The van der Waals surface area contributed by atoms with Crippen molar-refractivity contribution in [2.45, 2.75) is 19.5 Å². The molecule has 3 aromatic heterocycles. The van der Waals surface area contributed by atoms with E-state index in [1.807, 2.05) is 11.5 Å². The molecule has 1 unspecified atom stereocenters. The molecule has 4 heterocycles. The molecule has 0 spiro atoms. The van der Waals surface area contributed by atoms with E-state index in [4.69, 9.17) is 0 Å². The maximum Gasteiger partial charge on any atom is 0.260 e. The van der Waals surface area contributed by atoms with E-state index in [0.717, 1.165) is 5.82 Å². The molecule has 1 atom stereocenters. The second kappa shape index (κ2) is 4.37. The number of rotatable bonds is 1. The van der Waals surface area contributed by atoms with E-state index in [9.17, 15) is 4.79 Å². The lowest BCUT2D eigenvalue weighted by Crippen LogP contribution is -2.41. The van der Waals surface area contributed by atoms with E-state index >= 15 is 0 Å². The van der Waals surface area contributed by atoms with Crippen LogP contribution in [0.2, 0.25) is 0 Å². The fraction of sp³-hybridized carbons (Fsp3) is 0.308. The van der Waals surface area contributed by atoms with Crippen LogP contribution in [0.3, 0.4) is 0 Å². The van der Waals surface area contributed by atoms with Gasteiger partial charge >= 0.3 is 0 Å². The van der Waals surface area contributed by atoms with Crippen LogP contribution in [0.4, 0.5) is 0 Å². The zero-order valence-electron chi connectivity index (χ0n) is 11.4. The number of hydrogen-bond acceptors (Lipinski definition) is 5. The molecule has 3 aromatic rings. The van der Waals surface area contributed by atoms with Crippen molar-refractivity contribution in [3.05, 3.63) is 42.4 Å². The van der Waals surface area contributed by atoms with Crippen LogP contribution in [-0.4, -0.2) is 46.7 Å². The summed E-state index contributed by atoms with van der Waals surface area (Å²) in [6.45, 7) is 3.27. The first-order valence-corrected chi connectivity index (χ1v) is 6.73. The van der Waals surface area contributed by atoms with Crippen LogP contribution < -0.4 is 0 Å². The van der Waals surface area contributed by atoms with Gasteiger partial charge in [0.15, 0.2) is 11.5 Å². The van der Waals surface area contributed by atoms with Gasteiger partial charge in [0.2, 0.25) is 0 Å². The Hall–Kier alpha value is -2.77. The zero-order valence-corrected chi connectivity index (χ0v) is 11.4. The quantitative estimate of drug-likeness (QED) is 0.651. The molecule has 0 N–H and O–H groups in total. The molecule has 0 aromatic carbocycles. The number of nitrogens with zero attached hydrogens (tertiary/aromatic N) is 7. The summed E-state index contributed by atoms with van der Waals surface area (Å²) in [6.07, 6.45) is 6.70. The lowest BCUT2D eigenvalue weighted by Gasteiger charge is -2.32. The topological polar surface area (TPSA) is 81.2 Å². The molecule has 8 heteroatoms. The standard InChI is InChI=1S/C13H13N7O/c1-9-11-17-15-8-18(11)5-6-19(9)13(21)10-7-16-20-4-2-3-14-12(10)20/h2-4,7-9H,5-6H2,1H3. The highest BCUT2D eigenvalue weighted by atomic mass is 16.2. The average Bonchev–Trinajstić information content (AvgIpc) is 3.14. The van der Waals surface area contributed by atoms with Gasteiger partial charge in [0, 0.05) is 25.5 Å². The maximum absolute atomic E-state index is 12.8. The van der Waals surface area contributed by atoms with Crippen molar-refractivity contribution in [2.75, 3.05) is 6.54 Å². The summed E-state index contributed by atoms with van der Waals surface area (Å²) in [5.74, 6) is 0.726. The van der Waals surface area contributed by atoms with Gasteiger partial charge in [-0.05, 0) is 13.0 Å². The van der Waals surface area contributed by atoms with Gasteiger partial charge in [0.25, 0.3) is 5.91 Å². The number of carbonyl (C=O) groups excluding carboxylic acids is 1. The number of hydrogen-bond donors (Lipinski definition) is 0. The van der Waals surface area contributed by atoms with Crippen LogP contribution >= 0.6 is 0 Å². The molecule has 8 nitrogen and oxygen atoms in total. The Morgan fingerprint density at radius 1 is 1.38 bits per heavy atom. The second-order valence-corrected chi connectivity index (χ2v) is 5.00. The monoisotopic (exact) mass is 283 g/mol. The molecule has 21 heavy (non-hydrogen) atoms. The Bertz CT molecular complexity index is 821. The van der Waals surface area contributed by atoms with E-state index in [0.29, 0.717) is 24.3 Å². The lowest BCUT2D eigenvalue weighted by atomic mass is 10.1. The molecule has 0 saturated carbocycles. The Morgan fingerprint density at radius 3 is 3.19 bits per heavy atom. The summed E-state index contributed by atoms with van der Waals surface area (Å²) >= 11 is 0. The fourth-order valence-electron chi connectivity index (χ4n) is 2.72. The molecule has 0 bridgehead atoms. The second-order valence-electron chi connectivity index (χ2n) is 5.00. The zero-order chi connectivity index (χ0) is 14.4. The predicted molar refractivity (Wildman–Crippen MR) is 72.5 cm³/mol. The lowest BCUT2D eigenvalue weighted by molar-refractivity contribution is 0.0639. The van der Waals surface area contributed by atoms with Crippen molar-refractivity contribution in [3.8, 4) is 0 Å². The smallest absolute Gasteiger partial charge is 0.260 e. The SMILES string of the molecule is CC1c2nncn2CCN1C(=O)c1cnn2cccnc12. The normalized spacial score (nSPS) is 18.0. The molecule has 0 aliphatic carbocycles. The van der Waals surface area contributed by atoms with Crippen LogP contribution in [0, 0.1) is 0 Å². The summed E-state index contributed by atoms with van der Waals surface area (Å²) in [4.78, 5) is 18.8. The van der Waals surface area contributed by atoms with Crippen LogP contribution in [0.5, 0.6) is 0 Å². The van der Waals surface area contributed by atoms with E-state index in [2.05, 4.69) is 20.3 Å². The fourth-order valence-corrected chi connectivity index (χ4v) is 2.72. The molecule has 1 aliphatic rings. The van der Waals surface area contributed by atoms with Gasteiger partial charge in [0.05, 0.1) is 12.2 Å². The predicted octanol–water partition coefficient (Wildman–Crippen LogP) is 0.538. The van der Waals surface area contributed by atoms with Gasteiger partial charge in [-0.3, -0.25) is 4.79 Å². The summed E-state index contributed by atoms with van der Waals surface area (Å²) in [5, 5.41) is 12.2. The van der Waals surface area contributed by atoms with Gasteiger partial charge in [-0.1, -0.05) is 0 Å². The van der Waals surface area contributed by atoms with E-state index in [-0.39, 0.29) is 11.9 Å². The number of aromatic nitrogens is 6. The first-order valence-electron chi connectivity index (χ1n) is 6.73. The van der Waals surface area contributed by atoms with Gasteiger partial charge in [0.1, 0.15) is 11.9 Å². The Balaban J connectivity index is 1.72. The molecular formula is C13H13N7O. The minimum Gasteiger partial charge on any atom is -0.327 e. The van der Waals surface area contributed by atoms with E-state index in [1.54, 1.807) is 40.4 Å². The van der Waals surface area contributed by atoms with Gasteiger partial charge in [-0.2, -0.15) is 5.10 Å². The van der Waals surface area contributed by atoms with Crippen LogP contribution in [-0.2, 0) is 6.54 Å². The maximum atomic E-state index is 12.8. The minimum absolute atomic E-state index is 0.0783. The van der Waals surface area contributed by atoms with Gasteiger partial charge in [-0.15, -0.1) is 10.2 Å². The van der Waals surface area contributed by atoms with Gasteiger partial charge < -0.3 is 9.47 Å². The summed E-state index contributed by atoms with van der Waals surface area (Å²) in [6, 6.07) is 1.66. The Morgan fingerprint density at radius 2 is 2.29 bits per heavy atom. The molecule has 1 aliphatic heterocycles. The molecular weight excluding hydrogens is 270 g/mol. The highest BCUT2D eigenvalue weighted by molar-refractivity contribution is 5.99. The molecule has 1 amide bonds. The minimum atomic E-state index is -0.118.